The molecule has 1 aromatic rings. The number of ether oxygens (including phenoxy) is 1. The Hall–Kier alpha value is -1.75. The normalized spacial score (nSPS) is 25.8. The second-order valence-corrected chi connectivity index (χ2v) is 7.79. The average molecular weight is 369 g/mol. The van der Waals surface area contributed by atoms with Crippen LogP contribution in [0.2, 0.25) is 0 Å². The van der Waals surface area contributed by atoms with Crippen molar-refractivity contribution < 1.29 is 9.53 Å². The molecule has 27 heavy (non-hydrogen) atoms. The van der Waals surface area contributed by atoms with Crippen molar-refractivity contribution in [3.63, 3.8) is 0 Å². The molecular weight excluding hydrogens is 336 g/mol. The molecule has 2 atom stereocenters. The number of hydrogen-bond acceptors (Lipinski definition) is 4. The van der Waals surface area contributed by atoms with Gasteiger partial charge in [-0.1, -0.05) is 54.6 Å². The Labute approximate surface area is 163 Å². The van der Waals surface area contributed by atoms with Crippen molar-refractivity contribution in [1.82, 2.24) is 9.80 Å². The fourth-order valence-corrected chi connectivity index (χ4v) is 4.19. The maximum Gasteiger partial charge on any atom is 0.141 e. The molecule has 4 nitrogen and oxygen atoms in total. The second kappa shape index (κ2) is 9.45. The number of allylic oxidation sites excluding steroid dienone is 2. The minimum atomic E-state index is -0.299. The molecule has 0 bridgehead atoms. The van der Waals surface area contributed by atoms with Gasteiger partial charge in [0.1, 0.15) is 5.78 Å². The van der Waals surface area contributed by atoms with E-state index in [0.29, 0.717) is 12.2 Å². The first-order chi connectivity index (χ1) is 13.1. The Kier molecular flexibility index (Phi) is 7.00. The zero-order chi connectivity index (χ0) is 19.1. The third-order valence-corrected chi connectivity index (χ3v) is 5.85. The number of benzene rings is 1. The zero-order valence-corrected chi connectivity index (χ0v) is 16.6. The highest BCUT2D eigenvalue weighted by atomic mass is 16.5. The maximum absolute atomic E-state index is 13.2. The molecule has 0 N–H and O–H groups in total. The molecular formula is C23H32N2O2. The van der Waals surface area contributed by atoms with Crippen LogP contribution in [0, 0.1) is 5.92 Å². The topological polar surface area (TPSA) is 32.8 Å². The van der Waals surface area contributed by atoms with Crippen molar-refractivity contribution in [3.05, 3.63) is 60.2 Å². The molecule has 1 aromatic carbocycles. The molecule has 0 aromatic heterocycles. The van der Waals surface area contributed by atoms with E-state index in [9.17, 15) is 4.79 Å². The number of carbonyl (C=O) groups is 1. The van der Waals surface area contributed by atoms with E-state index in [0.717, 1.165) is 45.7 Å². The van der Waals surface area contributed by atoms with Gasteiger partial charge in [0, 0.05) is 19.5 Å². The number of carbonyl (C=O) groups excluding carboxylic acids is 1. The number of morpholine rings is 1. The summed E-state index contributed by atoms with van der Waals surface area (Å²) in [7, 11) is 4.17. The van der Waals surface area contributed by atoms with Crippen LogP contribution in [0.3, 0.4) is 0 Å². The van der Waals surface area contributed by atoms with Gasteiger partial charge in [0.15, 0.2) is 0 Å². The molecule has 4 heteroatoms. The third-order valence-electron chi connectivity index (χ3n) is 5.85. The first-order valence-electron chi connectivity index (χ1n) is 10.0. The lowest BCUT2D eigenvalue weighted by Gasteiger charge is -2.43. The van der Waals surface area contributed by atoms with E-state index in [1.54, 1.807) is 0 Å². The Morgan fingerprint density at radius 2 is 1.93 bits per heavy atom. The van der Waals surface area contributed by atoms with Gasteiger partial charge in [-0.15, -0.1) is 0 Å². The van der Waals surface area contributed by atoms with Gasteiger partial charge in [0.2, 0.25) is 0 Å². The molecule has 1 heterocycles. The lowest BCUT2D eigenvalue weighted by molar-refractivity contribution is -0.124. The molecule has 1 aliphatic heterocycles. The Morgan fingerprint density at radius 1 is 1.19 bits per heavy atom. The van der Waals surface area contributed by atoms with Crippen molar-refractivity contribution in [2.75, 3.05) is 46.9 Å². The highest BCUT2D eigenvalue weighted by molar-refractivity contribution is 5.85. The first-order valence-corrected chi connectivity index (χ1v) is 10.0. The van der Waals surface area contributed by atoms with Crippen LogP contribution >= 0.6 is 0 Å². The van der Waals surface area contributed by atoms with Crippen LogP contribution in [0.25, 0.3) is 0 Å². The summed E-state index contributed by atoms with van der Waals surface area (Å²) in [6.07, 6.45) is 10.8. The average Bonchev–Trinajstić information content (AvgIpc) is 2.69. The minimum absolute atomic E-state index is 0.109. The monoisotopic (exact) mass is 368 g/mol. The molecule has 2 aliphatic rings. The van der Waals surface area contributed by atoms with Crippen molar-refractivity contribution in [3.8, 4) is 0 Å². The van der Waals surface area contributed by atoms with Gasteiger partial charge < -0.3 is 4.74 Å². The molecule has 0 amide bonds. The largest absolute Gasteiger partial charge is 0.379 e. The third kappa shape index (κ3) is 4.95. The predicted octanol–water partition coefficient (Wildman–Crippen LogP) is 2.95. The number of ketones is 1. The van der Waals surface area contributed by atoms with Crippen LogP contribution < -0.4 is 0 Å². The fraction of sp³-hybridized carbons (Fsp3) is 0.522. The van der Waals surface area contributed by atoms with E-state index in [1.165, 1.54) is 5.56 Å². The number of nitrogens with zero attached hydrogens (tertiary/aromatic N) is 2. The summed E-state index contributed by atoms with van der Waals surface area (Å²) in [6, 6.07) is 10.5. The van der Waals surface area contributed by atoms with Crippen LogP contribution in [0.4, 0.5) is 0 Å². The Balaban J connectivity index is 1.67. The van der Waals surface area contributed by atoms with Gasteiger partial charge in [0.25, 0.3) is 0 Å². The summed E-state index contributed by atoms with van der Waals surface area (Å²) in [6.45, 7) is 4.57. The Morgan fingerprint density at radius 3 is 2.63 bits per heavy atom. The second-order valence-electron chi connectivity index (χ2n) is 7.79. The summed E-state index contributed by atoms with van der Waals surface area (Å²) in [5.74, 6) is 0.232. The number of hydrogen-bond donors (Lipinski definition) is 0. The SMILES string of the molecule is CN(C)C1(Cc2ccccc2)C=CC=CC1C(=O)CCCN1CCOCC1. The van der Waals surface area contributed by atoms with Crippen molar-refractivity contribution >= 4 is 5.78 Å². The molecule has 1 aliphatic carbocycles. The maximum atomic E-state index is 13.2. The van der Waals surface area contributed by atoms with Gasteiger partial charge in [0.05, 0.1) is 24.7 Å². The molecule has 1 saturated heterocycles. The first kappa shape index (κ1) is 20.0. The van der Waals surface area contributed by atoms with E-state index in [-0.39, 0.29) is 11.5 Å². The van der Waals surface area contributed by atoms with E-state index < -0.39 is 0 Å². The summed E-state index contributed by atoms with van der Waals surface area (Å²) in [5.41, 5.74) is 0.962. The summed E-state index contributed by atoms with van der Waals surface area (Å²) >= 11 is 0. The molecule has 0 spiro atoms. The summed E-state index contributed by atoms with van der Waals surface area (Å²) in [5, 5.41) is 0. The smallest absolute Gasteiger partial charge is 0.141 e. The summed E-state index contributed by atoms with van der Waals surface area (Å²) in [4.78, 5) is 17.8. The minimum Gasteiger partial charge on any atom is -0.379 e. The van der Waals surface area contributed by atoms with Crippen molar-refractivity contribution in [2.45, 2.75) is 24.8 Å². The van der Waals surface area contributed by atoms with Crippen LogP contribution in [0.5, 0.6) is 0 Å². The predicted molar refractivity (Wildman–Crippen MR) is 110 cm³/mol. The highest BCUT2D eigenvalue weighted by Gasteiger charge is 2.42. The standard InChI is InChI=1S/C23H32N2O2/c1-24(2)23(19-20-9-4-3-5-10-20)13-7-6-11-21(23)22(26)12-8-14-25-15-17-27-18-16-25/h3-7,9-11,13,21H,8,12,14-19H2,1-2H3. The van der Waals surface area contributed by atoms with Crippen LogP contribution in [0.15, 0.2) is 54.6 Å². The van der Waals surface area contributed by atoms with E-state index in [4.69, 9.17) is 4.74 Å². The van der Waals surface area contributed by atoms with Gasteiger partial charge in [-0.2, -0.15) is 0 Å². The Bertz CT molecular complexity index is 662. The molecule has 3 rings (SSSR count). The van der Waals surface area contributed by atoms with E-state index in [2.05, 4.69) is 66.4 Å². The number of likely N-dealkylation sites (N-methyl/N-ethyl adjacent to an activating group) is 1. The van der Waals surface area contributed by atoms with E-state index >= 15 is 0 Å². The number of rotatable bonds is 8. The molecule has 146 valence electrons. The molecule has 2 unspecified atom stereocenters. The van der Waals surface area contributed by atoms with Gasteiger partial charge in [-0.25, -0.2) is 0 Å². The molecule has 1 fully saturated rings. The van der Waals surface area contributed by atoms with E-state index in [1.807, 2.05) is 12.1 Å². The summed E-state index contributed by atoms with van der Waals surface area (Å²) < 4.78 is 5.40. The van der Waals surface area contributed by atoms with Crippen LogP contribution in [-0.2, 0) is 16.0 Å². The fourth-order valence-electron chi connectivity index (χ4n) is 4.19. The van der Waals surface area contributed by atoms with Gasteiger partial charge in [-0.3, -0.25) is 14.6 Å². The van der Waals surface area contributed by atoms with Crippen molar-refractivity contribution in [1.29, 1.82) is 0 Å². The van der Waals surface area contributed by atoms with Crippen molar-refractivity contribution in [2.24, 2.45) is 5.92 Å². The lowest BCUT2D eigenvalue weighted by atomic mass is 9.72. The molecule has 0 saturated carbocycles. The van der Waals surface area contributed by atoms with Crippen LogP contribution in [0.1, 0.15) is 18.4 Å². The highest BCUT2D eigenvalue weighted by Crippen LogP contribution is 2.34. The quantitative estimate of drug-likeness (QED) is 0.706. The number of Topliss-reactive ketones (excluding diaryl/α,β-unsaturated/α-hetero) is 1. The molecule has 0 radical (unpaired) electrons. The van der Waals surface area contributed by atoms with Crippen LogP contribution in [-0.4, -0.2) is 68.1 Å². The van der Waals surface area contributed by atoms with Gasteiger partial charge in [-0.05, 0) is 39.0 Å². The lowest BCUT2D eigenvalue weighted by Crippen LogP contribution is -2.53. The zero-order valence-electron chi connectivity index (χ0n) is 16.6. The van der Waals surface area contributed by atoms with Gasteiger partial charge >= 0.3 is 0 Å².